The second-order valence-electron chi connectivity index (χ2n) is 7.87. The average molecular weight is 538 g/mol. The Balaban J connectivity index is 0.00000420. The molecule has 2 N–H and O–H groups in total. The first-order chi connectivity index (χ1) is 13.3. The molecule has 0 radical (unpaired) electrons. The number of aryl methyl sites for hydroxylation is 1. The third-order valence-electron chi connectivity index (χ3n) is 5.53. The largest absolute Gasteiger partial charge is 0.385 e. The van der Waals surface area contributed by atoms with Gasteiger partial charge in [0.25, 0.3) is 0 Å². The Morgan fingerprint density at radius 2 is 1.93 bits per heavy atom. The molecule has 0 amide bonds. The van der Waals surface area contributed by atoms with E-state index in [2.05, 4.69) is 17.6 Å². The minimum absolute atomic E-state index is 0. The van der Waals surface area contributed by atoms with Gasteiger partial charge in [0.1, 0.15) is 0 Å². The van der Waals surface area contributed by atoms with Gasteiger partial charge in [-0.3, -0.25) is 0 Å². The van der Waals surface area contributed by atoms with Crippen molar-refractivity contribution >= 4 is 39.8 Å². The highest BCUT2D eigenvalue weighted by molar-refractivity contribution is 14.0. The van der Waals surface area contributed by atoms with E-state index in [1.165, 1.54) is 31.9 Å². The number of nitrogens with zero attached hydrogens (tertiary/aromatic N) is 1. The van der Waals surface area contributed by atoms with E-state index in [0.29, 0.717) is 16.9 Å². The zero-order chi connectivity index (χ0) is 20.6. The van der Waals surface area contributed by atoms with Crippen LogP contribution in [0.4, 0.5) is 0 Å². The number of methoxy groups -OCH3 is 1. The number of halogens is 1. The Bertz CT molecular complexity index is 775. The van der Waals surface area contributed by atoms with E-state index in [1.807, 2.05) is 19.1 Å². The molecular weight excluding hydrogens is 501 g/mol. The lowest BCUT2D eigenvalue weighted by molar-refractivity contribution is 0.138. The molecule has 0 aliphatic heterocycles. The van der Waals surface area contributed by atoms with Crippen molar-refractivity contribution in [1.29, 1.82) is 0 Å². The van der Waals surface area contributed by atoms with Crippen molar-refractivity contribution in [2.75, 3.05) is 33.1 Å². The summed E-state index contributed by atoms with van der Waals surface area (Å²) < 4.78 is 28.9. The summed E-state index contributed by atoms with van der Waals surface area (Å²) in [4.78, 5) is 5.08. The lowest BCUT2D eigenvalue weighted by Crippen LogP contribution is -2.43. The first-order valence-corrected chi connectivity index (χ1v) is 12.0. The van der Waals surface area contributed by atoms with Gasteiger partial charge in [0.15, 0.2) is 15.8 Å². The second kappa shape index (κ2) is 12.1. The normalized spacial score (nSPS) is 16.3. The number of rotatable bonds is 9. The van der Waals surface area contributed by atoms with Crippen molar-refractivity contribution in [2.24, 2.45) is 10.4 Å². The summed E-state index contributed by atoms with van der Waals surface area (Å²) in [5.74, 6) is 0.802. The van der Waals surface area contributed by atoms with Gasteiger partial charge in [-0.2, -0.15) is 0 Å². The highest BCUT2D eigenvalue weighted by Gasteiger charge is 2.33. The number of benzene rings is 1. The molecule has 0 bridgehead atoms. The molecule has 1 aromatic rings. The van der Waals surface area contributed by atoms with E-state index in [9.17, 15) is 8.42 Å². The molecule has 0 aromatic heterocycles. The third-order valence-corrected chi connectivity index (χ3v) is 6.79. The summed E-state index contributed by atoms with van der Waals surface area (Å²) in [7, 11) is -1.43. The van der Waals surface area contributed by atoms with E-state index in [0.717, 1.165) is 43.2 Å². The zero-order valence-corrected chi connectivity index (χ0v) is 21.2. The maximum Gasteiger partial charge on any atom is 0.191 e. The summed E-state index contributed by atoms with van der Waals surface area (Å²) in [6, 6.07) is 5.42. The average Bonchev–Trinajstić information content (AvgIpc) is 3.10. The zero-order valence-electron chi connectivity index (χ0n) is 18.1. The molecule has 29 heavy (non-hydrogen) atoms. The van der Waals surface area contributed by atoms with E-state index in [-0.39, 0.29) is 24.0 Å². The van der Waals surface area contributed by atoms with Gasteiger partial charge in [0.05, 0.1) is 11.4 Å². The molecule has 2 rings (SSSR count). The molecule has 0 unspecified atom stereocenters. The van der Waals surface area contributed by atoms with Gasteiger partial charge in [-0.25, -0.2) is 13.4 Å². The summed E-state index contributed by atoms with van der Waals surface area (Å²) in [6.07, 6.45) is 7.34. The van der Waals surface area contributed by atoms with Gasteiger partial charge < -0.3 is 15.4 Å². The summed E-state index contributed by atoms with van der Waals surface area (Å²) in [6.45, 7) is 6.87. The highest BCUT2D eigenvalue weighted by atomic mass is 127. The number of ether oxygens (including phenoxy) is 1. The van der Waals surface area contributed by atoms with Crippen molar-refractivity contribution in [3.8, 4) is 0 Å². The number of hydrogen-bond acceptors (Lipinski definition) is 4. The molecule has 0 spiro atoms. The fourth-order valence-corrected chi connectivity index (χ4v) is 4.93. The van der Waals surface area contributed by atoms with Crippen LogP contribution in [0.1, 0.15) is 50.2 Å². The fraction of sp³-hybridized carbons (Fsp3) is 0.667. The van der Waals surface area contributed by atoms with Gasteiger partial charge in [-0.1, -0.05) is 25.0 Å². The van der Waals surface area contributed by atoms with E-state index in [4.69, 9.17) is 9.73 Å². The van der Waals surface area contributed by atoms with E-state index < -0.39 is 9.84 Å². The van der Waals surface area contributed by atoms with Crippen molar-refractivity contribution in [3.63, 3.8) is 0 Å². The van der Waals surface area contributed by atoms with Gasteiger partial charge in [0, 0.05) is 33.1 Å². The summed E-state index contributed by atoms with van der Waals surface area (Å²) in [5, 5.41) is 6.83. The number of guanidine groups is 1. The van der Waals surface area contributed by atoms with Crippen LogP contribution in [0.15, 0.2) is 28.1 Å². The number of nitrogens with one attached hydrogen (secondary N) is 2. The van der Waals surface area contributed by atoms with E-state index in [1.54, 1.807) is 13.2 Å². The van der Waals surface area contributed by atoms with Gasteiger partial charge in [-0.15, -0.1) is 24.0 Å². The topological polar surface area (TPSA) is 79.8 Å². The number of aliphatic imine (C=N–C) groups is 1. The molecule has 166 valence electrons. The molecule has 1 fully saturated rings. The molecule has 1 aliphatic carbocycles. The number of hydrogen-bond donors (Lipinski definition) is 2. The molecule has 1 saturated carbocycles. The van der Waals surface area contributed by atoms with Crippen LogP contribution in [-0.4, -0.2) is 47.4 Å². The van der Waals surface area contributed by atoms with Crippen LogP contribution in [0.5, 0.6) is 0 Å². The molecule has 0 saturated heterocycles. The van der Waals surface area contributed by atoms with Crippen molar-refractivity contribution in [3.05, 3.63) is 29.3 Å². The van der Waals surface area contributed by atoms with Crippen LogP contribution >= 0.6 is 24.0 Å². The first kappa shape index (κ1) is 26.2. The van der Waals surface area contributed by atoms with Crippen LogP contribution in [-0.2, 0) is 21.1 Å². The van der Waals surface area contributed by atoms with Crippen LogP contribution in [0, 0.1) is 12.3 Å². The lowest BCUT2D eigenvalue weighted by Gasteiger charge is -2.30. The van der Waals surface area contributed by atoms with Crippen LogP contribution < -0.4 is 10.6 Å². The quantitative estimate of drug-likeness (QED) is 0.286. The predicted octanol–water partition coefficient (Wildman–Crippen LogP) is 3.67. The predicted molar refractivity (Wildman–Crippen MR) is 130 cm³/mol. The third kappa shape index (κ3) is 8.05. The van der Waals surface area contributed by atoms with Crippen molar-refractivity contribution in [2.45, 2.75) is 57.4 Å². The smallest absolute Gasteiger partial charge is 0.191 e. The molecule has 0 atom stereocenters. The summed E-state index contributed by atoms with van der Waals surface area (Å²) in [5.41, 5.74) is 2.05. The Morgan fingerprint density at radius 3 is 2.48 bits per heavy atom. The van der Waals surface area contributed by atoms with Crippen molar-refractivity contribution < 1.29 is 13.2 Å². The van der Waals surface area contributed by atoms with Gasteiger partial charge >= 0.3 is 0 Å². The van der Waals surface area contributed by atoms with E-state index >= 15 is 0 Å². The van der Waals surface area contributed by atoms with Crippen LogP contribution in [0.3, 0.4) is 0 Å². The second-order valence-corrected chi connectivity index (χ2v) is 9.85. The molecule has 6 nitrogen and oxygen atoms in total. The monoisotopic (exact) mass is 537 g/mol. The fourth-order valence-electron chi connectivity index (χ4n) is 3.97. The number of sulfone groups is 1. The SMILES string of the molecule is CCNC(=NCc1ccc(S(C)(=O)=O)c(C)c1)NCC1(CCOC)CCCC1.I. The Kier molecular flexibility index (Phi) is 10.9. The van der Waals surface area contributed by atoms with Crippen LogP contribution in [0.2, 0.25) is 0 Å². The first-order valence-electron chi connectivity index (χ1n) is 10.1. The Morgan fingerprint density at radius 1 is 1.24 bits per heavy atom. The van der Waals surface area contributed by atoms with Crippen molar-refractivity contribution in [1.82, 2.24) is 10.6 Å². The lowest BCUT2D eigenvalue weighted by atomic mass is 9.83. The standard InChI is InChI=1S/C21H35N3O3S.HI/c1-5-22-20(24-16-21(12-13-27-3)10-6-7-11-21)23-15-18-8-9-19(17(2)14-18)28(4,25)26;/h8-9,14H,5-7,10-13,15-16H2,1-4H3,(H2,22,23,24);1H. The Labute approximate surface area is 193 Å². The molecule has 8 heteroatoms. The molecule has 1 aliphatic rings. The van der Waals surface area contributed by atoms with Crippen LogP contribution in [0.25, 0.3) is 0 Å². The molecule has 0 heterocycles. The minimum atomic E-state index is -3.19. The Hall–Kier alpha value is -0.870. The maximum atomic E-state index is 11.8. The maximum absolute atomic E-state index is 11.8. The van der Waals surface area contributed by atoms with Gasteiger partial charge in [0.2, 0.25) is 0 Å². The minimum Gasteiger partial charge on any atom is -0.385 e. The van der Waals surface area contributed by atoms with Gasteiger partial charge in [-0.05, 0) is 55.7 Å². The molecule has 1 aromatic carbocycles. The molecular formula is C21H36IN3O3S. The summed E-state index contributed by atoms with van der Waals surface area (Å²) >= 11 is 0. The highest BCUT2D eigenvalue weighted by Crippen LogP contribution is 2.40.